The van der Waals surface area contributed by atoms with Crippen molar-refractivity contribution in [3.63, 3.8) is 0 Å². The quantitative estimate of drug-likeness (QED) is 0.513. The van der Waals surface area contributed by atoms with E-state index in [1.165, 1.54) is 16.4 Å². The molecule has 0 saturated carbocycles. The molecular formula is C12H17N3O4S2. The summed E-state index contributed by atoms with van der Waals surface area (Å²) >= 11 is 1.71. The molecule has 1 saturated heterocycles. The van der Waals surface area contributed by atoms with Gasteiger partial charge >= 0.3 is 0 Å². The van der Waals surface area contributed by atoms with Crippen molar-refractivity contribution in [2.45, 2.75) is 30.0 Å². The van der Waals surface area contributed by atoms with Gasteiger partial charge < -0.3 is 5.73 Å². The van der Waals surface area contributed by atoms with E-state index in [4.69, 9.17) is 5.73 Å². The van der Waals surface area contributed by atoms with E-state index in [1.54, 1.807) is 11.8 Å². The zero-order chi connectivity index (χ0) is 15.8. The minimum Gasteiger partial charge on any atom is -0.398 e. The summed E-state index contributed by atoms with van der Waals surface area (Å²) in [6, 6.07) is 3.31. The summed E-state index contributed by atoms with van der Waals surface area (Å²) in [5, 5.41) is 11.0. The zero-order valence-corrected chi connectivity index (χ0v) is 13.4. The van der Waals surface area contributed by atoms with Crippen molar-refractivity contribution < 1.29 is 13.3 Å². The average Bonchev–Trinajstić information content (AvgIpc) is 2.41. The van der Waals surface area contributed by atoms with E-state index >= 15 is 0 Å². The van der Waals surface area contributed by atoms with Crippen LogP contribution in [-0.2, 0) is 10.0 Å². The van der Waals surface area contributed by atoms with Crippen LogP contribution < -0.4 is 5.73 Å². The molecule has 1 aromatic carbocycles. The number of rotatable bonds is 3. The molecule has 0 amide bonds. The second-order valence-electron chi connectivity index (χ2n) is 4.91. The Morgan fingerprint density at radius 2 is 2.10 bits per heavy atom. The van der Waals surface area contributed by atoms with Gasteiger partial charge in [-0.2, -0.15) is 16.1 Å². The van der Waals surface area contributed by atoms with Crippen LogP contribution in [0, 0.1) is 10.1 Å². The van der Waals surface area contributed by atoms with Crippen molar-refractivity contribution in [1.29, 1.82) is 0 Å². The van der Waals surface area contributed by atoms with E-state index in [-0.39, 0.29) is 27.6 Å². The van der Waals surface area contributed by atoms with Crippen LogP contribution in [0.15, 0.2) is 23.1 Å². The molecule has 1 aliphatic rings. The zero-order valence-electron chi connectivity index (χ0n) is 11.7. The number of anilines is 1. The second-order valence-corrected chi connectivity index (χ2v) is 8.26. The Morgan fingerprint density at radius 1 is 1.43 bits per heavy atom. The third-order valence-corrected chi connectivity index (χ3v) is 7.00. The summed E-state index contributed by atoms with van der Waals surface area (Å²) in [6.45, 7) is 4.18. The number of thioether (sulfide) groups is 1. The van der Waals surface area contributed by atoms with Gasteiger partial charge in [-0.15, -0.1) is 0 Å². The van der Waals surface area contributed by atoms with Crippen LogP contribution in [0.1, 0.15) is 13.8 Å². The maximum absolute atomic E-state index is 12.8. The first-order chi connectivity index (χ1) is 9.75. The molecule has 0 bridgehead atoms. The minimum atomic E-state index is -3.84. The summed E-state index contributed by atoms with van der Waals surface area (Å²) in [7, 11) is -3.84. The van der Waals surface area contributed by atoms with Gasteiger partial charge in [-0.3, -0.25) is 10.1 Å². The Labute approximate surface area is 127 Å². The Bertz CT molecular complexity index is 662. The van der Waals surface area contributed by atoms with Gasteiger partial charge in [0.25, 0.3) is 5.69 Å². The molecule has 0 aromatic heterocycles. The molecule has 0 aliphatic carbocycles. The maximum Gasteiger partial charge on any atom is 0.270 e. The first-order valence-electron chi connectivity index (χ1n) is 6.42. The van der Waals surface area contributed by atoms with Crippen LogP contribution in [0.2, 0.25) is 0 Å². The predicted molar refractivity (Wildman–Crippen MR) is 82.8 cm³/mol. The number of non-ortho nitro benzene ring substituents is 1. The molecule has 1 heterocycles. The highest BCUT2D eigenvalue weighted by Gasteiger charge is 2.36. The number of nitrogen functional groups attached to an aromatic ring is 1. The van der Waals surface area contributed by atoms with Gasteiger partial charge in [-0.05, 0) is 13.0 Å². The number of nitrogens with zero attached hydrogens (tertiary/aromatic N) is 2. The maximum atomic E-state index is 12.8. The standard InChI is InChI=1S/C12H17N3O4S2/c1-8-9(2)20-6-5-14(8)21(18,19)12-7-10(15(16)17)3-4-11(12)13/h3-4,7-9H,5-6,13H2,1-2H3. The number of nitrogens with two attached hydrogens (primary N) is 1. The lowest BCUT2D eigenvalue weighted by atomic mass is 10.2. The average molecular weight is 331 g/mol. The topological polar surface area (TPSA) is 107 Å². The molecule has 1 aromatic rings. The number of hydrogen-bond acceptors (Lipinski definition) is 6. The number of sulfonamides is 1. The highest BCUT2D eigenvalue weighted by atomic mass is 32.2. The van der Waals surface area contributed by atoms with Crippen LogP contribution in [0.4, 0.5) is 11.4 Å². The summed E-state index contributed by atoms with van der Waals surface area (Å²) in [6.07, 6.45) is 0. The summed E-state index contributed by atoms with van der Waals surface area (Å²) in [4.78, 5) is 10.0. The highest BCUT2D eigenvalue weighted by molar-refractivity contribution is 8.00. The van der Waals surface area contributed by atoms with Gasteiger partial charge in [0.1, 0.15) is 4.90 Å². The Morgan fingerprint density at radius 3 is 2.71 bits per heavy atom. The van der Waals surface area contributed by atoms with E-state index in [9.17, 15) is 18.5 Å². The molecule has 0 radical (unpaired) electrons. The predicted octanol–water partition coefficient (Wildman–Crippen LogP) is 1.69. The van der Waals surface area contributed by atoms with Crippen LogP contribution in [-0.4, -0.2) is 41.2 Å². The molecule has 7 nitrogen and oxygen atoms in total. The molecule has 2 atom stereocenters. The van der Waals surface area contributed by atoms with E-state index in [0.717, 1.165) is 6.07 Å². The number of hydrogen-bond donors (Lipinski definition) is 1. The summed E-state index contributed by atoms with van der Waals surface area (Å²) in [5.74, 6) is 0.694. The largest absolute Gasteiger partial charge is 0.398 e. The SMILES string of the molecule is CC1SCCN(S(=O)(=O)c2cc([N+](=O)[O-])ccc2N)C1C. The van der Waals surface area contributed by atoms with E-state index in [1.807, 2.05) is 13.8 Å². The van der Waals surface area contributed by atoms with Gasteiger partial charge in [0.05, 0.1) is 10.6 Å². The Balaban J connectivity index is 2.48. The lowest BCUT2D eigenvalue weighted by molar-refractivity contribution is -0.385. The van der Waals surface area contributed by atoms with Crippen LogP contribution in [0.25, 0.3) is 0 Å². The first kappa shape index (κ1) is 16.1. The molecule has 2 unspecified atom stereocenters. The van der Waals surface area contributed by atoms with Crippen LogP contribution >= 0.6 is 11.8 Å². The van der Waals surface area contributed by atoms with Gasteiger partial charge in [0.2, 0.25) is 10.0 Å². The fourth-order valence-corrected chi connectivity index (χ4v) is 5.36. The lowest BCUT2D eigenvalue weighted by Crippen LogP contribution is -2.47. The Kier molecular flexibility index (Phi) is 4.45. The fraction of sp³-hybridized carbons (Fsp3) is 0.500. The molecule has 0 spiro atoms. The molecular weight excluding hydrogens is 314 g/mol. The molecule has 21 heavy (non-hydrogen) atoms. The summed E-state index contributed by atoms with van der Waals surface area (Å²) in [5.41, 5.74) is 5.47. The van der Waals surface area contributed by atoms with Crippen molar-refractivity contribution in [3.8, 4) is 0 Å². The van der Waals surface area contributed by atoms with E-state index in [0.29, 0.717) is 12.3 Å². The fourth-order valence-electron chi connectivity index (χ4n) is 2.23. The number of benzene rings is 1. The normalized spacial score (nSPS) is 23.9. The van der Waals surface area contributed by atoms with Crippen LogP contribution in [0.5, 0.6) is 0 Å². The van der Waals surface area contributed by atoms with Gasteiger partial charge in [0.15, 0.2) is 0 Å². The van der Waals surface area contributed by atoms with Crippen molar-refractivity contribution in [3.05, 3.63) is 28.3 Å². The molecule has 2 rings (SSSR count). The lowest BCUT2D eigenvalue weighted by Gasteiger charge is -2.36. The van der Waals surface area contributed by atoms with Crippen molar-refractivity contribution in [2.24, 2.45) is 0 Å². The van der Waals surface area contributed by atoms with Crippen molar-refractivity contribution in [2.75, 3.05) is 18.0 Å². The van der Waals surface area contributed by atoms with Gasteiger partial charge in [-0.25, -0.2) is 8.42 Å². The highest BCUT2D eigenvalue weighted by Crippen LogP contribution is 2.32. The molecule has 9 heteroatoms. The van der Waals surface area contributed by atoms with Gasteiger partial charge in [0, 0.05) is 35.7 Å². The number of nitro benzene ring substituents is 1. The third-order valence-electron chi connectivity index (χ3n) is 3.62. The molecule has 116 valence electrons. The number of nitro groups is 1. The van der Waals surface area contributed by atoms with Crippen molar-refractivity contribution >= 4 is 33.2 Å². The molecule has 1 aliphatic heterocycles. The monoisotopic (exact) mass is 331 g/mol. The second kappa shape index (κ2) is 5.82. The first-order valence-corrected chi connectivity index (χ1v) is 8.91. The molecule has 2 N–H and O–H groups in total. The van der Waals surface area contributed by atoms with Gasteiger partial charge in [-0.1, -0.05) is 6.92 Å². The minimum absolute atomic E-state index is 0.0266. The molecule has 1 fully saturated rings. The van der Waals surface area contributed by atoms with E-state index in [2.05, 4.69) is 0 Å². The summed E-state index contributed by atoms with van der Waals surface area (Å²) < 4.78 is 26.9. The van der Waals surface area contributed by atoms with E-state index < -0.39 is 14.9 Å². The van der Waals surface area contributed by atoms with Crippen LogP contribution in [0.3, 0.4) is 0 Å². The van der Waals surface area contributed by atoms with Crippen molar-refractivity contribution in [1.82, 2.24) is 4.31 Å². The Hall–Kier alpha value is -1.32. The smallest absolute Gasteiger partial charge is 0.270 e. The third kappa shape index (κ3) is 2.99.